The van der Waals surface area contributed by atoms with Gasteiger partial charge in [0, 0.05) is 5.92 Å². The van der Waals surface area contributed by atoms with Crippen molar-refractivity contribution in [3.8, 4) is 0 Å². The second-order valence-electron chi connectivity index (χ2n) is 4.93. The van der Waals surface area contributed by atoms with Crippen molar-refractivity contribution >= 4 is 13.4 Å². The molecule has 0 amide bonds. The van der Waals surface area contributed by atoms with Crippen molar-refractivity contribution in [2.75, 3.05) is 13.2 Å². The molecule has 0 aliphatic carbocycles. The Morgan fingerprint density at radius 1 is 1.10 bits per heavy atom. The van der Waals surface area contributed by atoms with Crippen molar-refractivity contribution in [1.29, 1.82) is 0 Å². The van der Waals surface area contributed by atoms with Gasteiger partial charge in [-0.05, 0) is 12.8 Å². The molecule has 0 aromatic heterocycles. The van der Waals surface area contributed by atoms with Crippen molar-refractivity contribution in [3.63, 3.8) is 0 Å². The topological polar surface area (TPSA) is 52.6 Å². The van der Waals surface area contributed by atoms with Crippen LogP contribution in [-0.4, -0.2) is 24.7 Å². The Labute approximate surface area is 119 Å². The maximum Gasteiger partial charge on any atom is 0.407 e. The Bertz CT molecular complexity index is 331. The zero-order chi connectivity index (χ0) is 15.8. The summed E-state index contributed by atoms with van der Waals surface area (Å²) in [6.07, 6.45) is 2.37. The van der Waals surface area contributed by atoms with Crippen LogP contribution in [0.2, 0.25) is 0 Å². The molecule has 0 N–H and O–H groups in total. The molecule has 0 radical (unpaired) electrons. The number of hydrogen-bond donors (Lipinski definition) is 0. The van der Waals surface area contributed by atoms with Gasteiger partial charge in [-0.1, -0.05) is 40.5 Å². The maximum absolute atomic E-state index is 14.1. The minimum Gasteiger partial charge on any atom is -0.304 e. The molecule has 0 aliphatic rings. The Kier molecular flexibility index (Phi) is 8.71. The quantitative estimate of drug-likeness (QED) is 0.412. The van der Waals surface area contributed by atoms with Crippen LogP contribution < -0.4 is 0 Å². The number of carbonyl (C=O) groups is 1. The van der Waals surface area contributed by atoms with Crippen LogP contribution in [0.3, 0.4) is 0 Å². The molecule has 0 fully saturated rings. The van der Waals surface area contributed by atoms with E-state index in [1.165, 1.54) is 13.8 Å². The number of unbranched alkanes of at least 4 members (excludes halogenated alkanes) is 2. The Balaban J connectivity index is 5.06. The summed E-state index contributed by atoms with van der Waals surface area (Å²) in [5, 5.41) is 0. The van der Waals surface area contributed by atoms with E-state index in [9.17, 15) is 18.1 Å². The molecule has 7 heteroatoms. The lowest BCUT2D eigenvalue weighted by Crippen LogP contribution is -2.34. The molecule has 120 valence electrons. The number of hydrogen-bond acceptors (Lipinski definition) is 4. The molecule has 0 saturated heterocycles. The molecule has 0 aromatic rings. The Morgan fingerprint density at radius 2 is 1.50 bits per heavy atom. The van der Waals surface area contributed by atoms with Crippen LogP contribution in [0.4, 0.5) is 8.78 Å². The summed E-state index contributed by atoms with van der Waals surface area (Å²) in [5.41, 5.74) is -4.09. The van der Waals surface area contributed by atoms with E-state index < -0.39 is 25.0 Å². The average molecular weight is 314 g/mol. The number of halogens is 2. The van der Waals surface area contributed by atoms with Gasteiger partial charge in [0.25, 0.3) is 0 Å². The summed E-state index contributed by atoms with van der Waals surface area (Å²) in [6, 6.07) is 0. The first-order valence-electron chi connectivity index (χ1n) is 7.04. The van der Waals surface area contributed by atoms with Crippen molar-refractivity contribution in [3.05, 3.63) is 0 Å². The van der Waals surface area contributed by atoms with E-state index in [0.29, 0.717) is 25.7 Å². The Morgan fingerprint density at radius 3 is 1.80 bits per heavy atom. The molecule has 0 saturated carbocycles. The van der Waals surface area contributed by atoms with Gasteiger partial charge in [-0.25, -0.2) is 0 Å². The summed E-state index contributed by atoms with van der Waals surface area (Å²) in [5.74, 6) is -2.35. The lowest BCUT2D eigenvalue weighted by atomic mass is 10.1. The number of Topliss-reactive ketones (excluding diaryl/α,β-unsaturated/α-hetero) is 1. The van der Waals surface area contributed by atoms with Crippen molar-refractivity contribution in [2.45, 2.75) is 59.0 Å². The molecule has 0 unspecified atom stereocenters. The molecule has 0 rings (SSSR count). The normalized spacial score (nSPS) is 12.9. The summed E-state index contributed by atoms with van der Waals surface area (Å²) < 4.78 is 50.2. The second-order valence-corrected chi connectivity index (χ2v) is 7.00. The van der Waals surface area contributed by atoms with Gasteiger partial charge in [-0.2, -0.15) is 8.78 Å². The minimum absolute atomic E-state index is 0.110. The largest absolute Gasteiger partial charge is 0.407 e. The SMILES string of the molecule is CCCCOP(=O)(OCCCC)C(F)(F)C(=O)C(C)C. The van der Waals surface area contributed by atoms with Crippen LogP contribution in [0, 0.1) is 5.92 Å². The first kappa shape index (κ1) is 19.7. The molecule has 20 heavy (non-hydrogen) atoms. The van der Waals surface area contributed by atoms with Crippen LogP contribution in [0.1, 0.15) is 53.4 Å². The molecule has 0 heterocycles. The predicted molar refractivity (Wildman–Crippen MR) is 74.1 cm³/mol. The predicted octanol–water partition coefficient (Wildman–Crippen LogP) is 4.63. The Hall–Kier alpha value is -0.320. The van der Waals surface area contributed by atoms with Gasteiger partial charge in [0.15, 0.2) is 0 Å². The molecule has 0 aromatic carbocycles. The number of carbonyl (C=O) groups excluding carboxylic acids is 1. The maximum atomic E-state index is 14.1. The summed E-state index contributed by atoms with van der Waals surface area (Å²) >= 11 is 0. The number of rotatable bonds is 11. The smallest absolute Gasteiger partial charge is 0.304 e. The third kappa shape index (κ3) is 5.23. The standard InChI is InChI=1S/C13H25F2O4P/c1-5-7-9-18-20(17,19-10-8-6-2)13(14,15)12(16)11(3)4/h11H,5-10H2,1-4H3. The van der Waals surface area contributed by atoms with Gasteiger partial charge >= 0.3 is 13.3 Å². The fourth-order valence-electron chi connectivity index (χ4n) is 1.34. The lowest BCUT2D eigenvalue weighted by molar-refractivity contribution is -0.138. The highest BCUT2D eigenvalue weighted by atomic mass is 31.2. The van der Waals surface area contributed by atoms with E-state index in [1.54, 1.807) is 0 Å². The third-order valence-corrected chi connectivity index (χ3v) is 4.64. The highest BCUT2D eigenvalue weighted by Gasteiger charge is 2.59. The van der Waals surface area contributed by atoms with Crippen LogP contribution in [0.25, 0.3) is 0 Å². The molecule has 0 bridgehead atoms. The fourth-order valence-corrected chi connectivity index (χ4v) is 3.01. The van der Waals surface area contributed by atoms with Gasteiger partial charge in [0.1, 0.15) is 0 Å². The molecule has 0 aliphatic heterocycles. The minimum atomic E-state index is -4.77. The van der Waals surface area contributed by atoms with E-state index in [1.807, 2.05) is 13.8 Å². The molecule has 0 atom stereocenters. The van der Waals surface area contributed by atoms with E-state index in [0.717, 1.165) is 0 Å². The van der Waals surface area contributed by atoms with Crippen LogP contribution in [0.15, 0.2) is 0 Å². The van der Waals surface area contributed by atoms with E-state index in [-0.39, 0.29) is 13.2 Å². The first-order chi connectivity index (χ1) is 9.23. The zero-order valence-corrected chi connectivity index (χ0v) is 13.6. The van der Waals surface area contributed by atoms with Crippen molar-refractivity contribution in [1.82, 2.24) is 0 Å². The fraction of sp³-hybridized carbons (Fsp3) is 0.923. The summed E-state index contributed by atoms with van der Waals surface area (Å²) in [6.45, 7) is 6.15. The van der Waals surface area contributed by atoms with E-state index in [4.69, 9.17) is 9.05 Å². The summed E-state index contributed by atoms with van der Waals surface area (Å²) in [4.78, 5) is 11.6. The van der Waals surface area contributed by atoms with E-state index in [2.05, 4.69) is 0 Å². The van der Waals surface area contributed by atoms with Gasteiger partial charge in [0.2, 0.25) is 5.78 Å². The van der Waals surface area contributed by atoms with Crippen molar-refractivity contribution in [2.24, 2.45) is 5.92 Å². The first-order valence-corrected chi connectivity index (χ1v) is 8.58. The molecular weight excluding hydrogens is 289 g/mol. The monoisotopic (exact) mass is 314 g/mol. The summed E-state index contributed by atoms with van der Waals surface area (Å²) in [7, 11) is -4.77. The zero-order valence-electron chi connectivity index (χ0n) is 12.7. The highest BCUT2D eigenvalue weighted by Crippen LogP contribution is 2.63. The molecular formula is C13H25F2O4P. The lowest BCUT2D eigenvalue weighted by Gasteiger charge is -2.26. The highest BCUT2D eigenvalue weighted by molar-refractivity contribution is 7.56. The third-order valence-electron chi connectivity index (χ3n) is 2.68. The van der Waals surface area contributed by atoms with Crippen LogP contribution in [0.5, 0.6) is 0 Å². The van der Waals surface area contributed by atoms with Gasteiger partial charge in [-0.3, -0.25) is 9.36 Å². The number of alkyl halides is 2. The molecule has 4 nitrogen and oxygen atoms in total. The van der Waals surface area contributed by atoms with Crippen LogP contribution >= 0.6 is 7.60 Å². The molecule has 0 spiro atoms. The second kappa shape index (κ2) is 8.85. The van der Waals surface area contributed by atoms with E-state index >= 15 is 0 Å². The van der Waals surface area contributed by atoms with Crippen molar-refractivity contribution < 1.29 is 27.2 Å². The van der Waals surface area contributed by atoms with Gasteiger partial charge in [0.05, 0.1) is 13.2 Å². The van der Waals surface area contributed by atoms with Crippen LogP contribution in [-0.2, 0) is 18.4 Å². The average Bonchev–Trinajstić information content (AvgIpc) is 2.38. The van der Waals surface area contributed by atoms with Gasteiger partial charge < -0.3 is 9.05 Å². The number of ketones is 1. The van der Waals surface area contributed by atoms with Gasteiger partial charge in [-0.15, -0.1) is 0 Å².